The normalized spacial score (nSPS) is 51.9. The van der Waals surface area contributed by atoms with Gasteiger partial charge >= 0.3 is 0 Å². The monoisotopic (exact) mass is 409 g/mol. The standard InChI is InChI=1S/C23H39NO3S/c1-15-13-17-18-5-6-20(25)21(18,2)9-8-19(17)22(3)10-7-16(14-23(15,22)26)28(27)12-4-11-24/h15-19,26H,4-14,24H2,1-3H3/t15-,16+,17-,18-,19-,21-,22+,23-,28?/m0/s1. The van der Waals surface area contributed by atoms with Crippen molar-refractivity contribution in [2.24, 2.45) is 40.2 Å². The number of fused-ring (bicyclic) bond motifs is 5. The van der Waals surface area contributed by atoms with E-state index in [0.29, 0.717) is 42.3 Å². The van der Waals surface area contributed by atoms with Gasteiger partial charge in [0.1, 0.15) is 16.8 Å². The summed E-state index contributed by atoms with van der Waals surface area (Å²) < 4.78 is 12.8. The van der Waals surface area contributed by atoms with Crippen molar-refractivity contribution in [3.05, 3.63) is 0 Å². The Morgan fingerprint density at radius 2 is 1.96 bits per heavy atom. The number of carbonyl (C=O) groups excluding carboxylic acids is 1. The highest BCUT2D eigenvalue weighted by Crippen LogP contribution is 2.68. The summed E-state index contributed by atoms with van der Waals surface area (Å²) in [5, 5.41) is 12.1. The van der Waals surface area contributed by atoms with Crippen molar-refractivity contribution in [3.63, 3.8) is 0 Å². The molecule has 160 valence electrons. The highest BCUT2D eigenvalue weighted by Gasteiger charge is 2.67. The fourth-order valence-corrected chi connectivity index (χ4v) is 9.63. The van der Waals surface area contributed by atoms with Gasteiger partial charge < -0.3 is 15.4 Å². The molecule has 9 atom stereocenters. The molecule has 5 heteroatoms. The summed E-state index contributed by atoms with van der Waals surface area (Å²) in [6.07, 6.45) is 8.26. The summed E-state index contributed by atoms with van der Waals surface area (Å²) in [4.78, 5) is 12.6. The van der Waals surface area contributed by atoms with Crippen LogP contribution in [0, 0.1) is 34.5 Å². The zero-order valence-corrected chi connectivity index (χ0v) is 18.7. The van der Waals surface area contributed by atoms with Crippen LogP contribution in [-0.4, -0.2) is 38.6 Å². The van der Waals surface area contributed by atoms with Gasteiger partial charge in [-0.3, -0.25) is 4.79 Å². The van der Waals surface area contributed by atoms with Gasteiger partial charge in [-0.1, -0.05) is 31.9 Å². The molecule has 3 N–H and O–H groups in total. The average molecular weight is 410 g/mol. The summed E-state index contributed by atoms with van der Waals surface area (Å²) in [6, 6.07) is 0. The predicted octanol–water partition coefficient (Wildman–Crippen LogP) is 3.43. The van der Waals surface area contributed by atoms with E-state index < -0.39 is 16.8 Å². The minimum atomic E-state index is -0.891. The van der Waals surface area contributed by atoms with E-state index in [2.05, 4.69) is 20.8 Å². The molecular weight excluding hydrogens is 370 g/mol. The number of hydrogen-bond donors (Lipinski definition) is 2. The van der Waals surface area contributed by atoms with E-state index in [-0.39, 0.29) is 22.0 Å². The number of ketones is 1. The molecule has 0 heterocycles. The Hall–Kier alpha value is -0.100. The Bertz CT molecular complexity index is 629. The number of nitrogens with two attached hydrogens (primary N) is 1. The molecule has 0 radical (unpaired) electrons. The summed E-state index contributed by atoms with van der Waals surface area (Å²) in [5.41, 5.74) is 4.65. The first-order chi connectivity index (χ1) is 13.2. The van der Waals surface area contributed by atoms with Crippen molar-refractivity contribution in [1.82, 2.24) is 0 Å². The van der Waals surface area contributed by atoms with E-state index in [9.17, 15) is 14.5 Å². The zero-order chi connectivity index (χ0) is 20.3. The smallest absolute Gasteiger partial charge is 0.139 e. The van der Waals surface area contributed by atoms with Gasteiger partial charge in [0, 0.05) is 30.1 Å². The van der Waals surface area contributed by atoms with Crippen molar-refractivity contribution >= 4 is 17.0 Å². The van der Waals surface area contributed by atoms with Crippen LogP contribution in [0.15, 0.2) is 0 Å². The molecule has 0 aromatic rings. The summed E-state index contributed by atoms with van der Waals surface area (Å²) in [5.74, 6) is 2.90. The lowest BCUT2D eigenvalue weighted by molar-refractivity contribution is -0.227. The Morgan fingerprint density at radius 3 is 2.68 bits per heavy atom. The molecule has 1 unspecified atom stereocenters. The van der Waals surface area contributed by atoms with E-state index in [4.69, 9.17) is 5.73 Å². The van der Waals surface area contributed by atoms with E-state index in [1.165, 1.54) is 0 Å². The number of rotatable bonds is 4. The third-order valence-electron chi connectivity index (χ3n) is 9.84. The maximum atomic E-state index is 12.8. The third kappa shape index (κ3) is 2.86. The van der Waals surface area contributed by atoms with E-state index in [0.717, 1.165) is 51.4 Å². The van der Waals surface area contributed by atoms with E-state index >= 15 is 0 Å². The Labute approximate surface area is 173 Å². The van der Waals surface area contributed by atoms with Gasteiger partial charge in [0.05, 0.1) is 5.60 Å². The van der Waals surface area contributed by atoms with Gasteiger partial charge in [-0.15, -0.1) is 0 Å². The Morgan fingerprint density at radius 1 is 1.21 bits per heavy atom. The van der Waals surface area contributed by atoms with E-state index in [1.807, 2.05) is 0 Å². The van der Waals surface area contributed by atoms with E-state index in [1.54, 1.807) is 0 Å². The lowest BCUT2D eigenvalue weighted by Crippen LogP contribution is -2.66. The Kier molecular flexibility index (Phi) is 5.47. The van der Waals surface area contributed by atoms with Crippen LogP contribution in [-0.2, 0) is 16.0 Å². The molecule has 4 fully saturated rings. The zero-order valence-electron chi connectivity index (χ0n) is 17.9. The summed E-state index contributed by atoms with van der Waals surface area (Å²) in [6.45, 7) is 7.33. The predicted molar refractivity (Wildman–Crippen MR) is 113 cm³/mol. The molecule has 4 nitrogen and oxygen atoms in total. The van der Waals surface area contributed by atoms with Crippen LogP contribution in [0.3, 0.4) is 0 Å². The van der Waals surface area contributed by atoms with Crippen LogP contribution >= 0.6 is 0 Å². The van der Waals surface area contributed by atoms with Crippen LogP contribution in [0.2, 0.25) is 0 Å². The van der Waals surface area contributed by atoms with Crippen molar-refractivity contribution in [2.45, 2.75) is 89.4 Å². The quantitative estimate of drug-likeness (QED) is 0.697. The average Bonchev–Trinajstić information content (AvgIpc) is 2.96. The van der Waals surface area contributed by atoms with Gasteiger partial charge in [-0.05, 0) is 68.7 Å². The van der Waals surface area contributed by atoms with Crippen LogP contribution < -0.4 is 5.73 Å². The van der Waals surface area contributed by atoms with Crippen LogP contribution in [0.5, 0.6) is 0 Å². The maximum Gasteiger partial charge on any atom is 0.139 e. The highest BCUT2D eigenvalue weighted by molar-refractivity contribution is 7.92. The number of aliphatic hydroxyl groups is 1. The number of hydrogen-bond acceptors (Lipinski definition) is 4. The summed E-state index contributed by atoms with van der Waals surface area (Å²) in [7, 11) is 0. The topological polar surface area (TPSA) is 86.4 Å². The molecule has 0 aromatic heterocycles. The molecular formula is C23H39NO3S. The fourth-order valence-electron chi connectivity index (χ4n) is 8.03. The molecule has 0 spiro atoms. The minimum Gasteiger partial charge on any atom is -0.616 e. The van der Waals surface area contributed by atoms with Crippen molar-refractivity contribution in [2.75, 3.05) is 12.3 Å². The SMILES string of the molecule is C[C@H]1C[C@H]2[C@@H]3CCC(=O)[C@@]3(C)CC[C@@H]2[C@@]2(C)CC[C@@H]([S+]([O-])CCCN)C[C@]12O. The number of carbonyl (C=O) groups is 1. The number of Topliss-reactive ketones (excluding diaryl/α,β-unsaturated/α-hetero) is 1. The highest BCUT2D eigenvalue weighted by atomic mass is 32.2. The fraction of sp³-hybridized carbons (Fsp3) is 0.957. The molecule has 4 aliphatic rings. The molecule has 4 rings (SSSR count). The lowest BCUT2D eigenvalue weighted by Gasteiger charge is -2.65. The van der Waals surface area contributed by atoms with Crippen molar-refractivity contribution in [3.8, 4) is 0 Å². The second-order valence-electron chi connectivity index (χ2n) is 10.9. The molecule has 0 amide bonds. The van der Waals surface area contributed by atoms with Gasteiger partial charge in [-0.25, -0.2) is 0 Å². The molecule has 0 aliphatic heterocycles. The molecule has 0 saturated heterocycles. The molecule has 4 saturated carbocycles. The first kappa shape index (κ1) is 21.1. The second kappa shape index (κ2) is 7.25. The van der Waals surface area contributed by atoms with Gasteiger partial charge in [0.2, 0.25) is 0 Å². The third-order valence-corrected chi connectivity index (χ3v) is 11.7. The van der Waals surface area contributed by atoms with Crippen molar-refractivity contribution in [1.29, 1.82) is 0 Å². The first-order valence-corrected chi connectivity index (χ1v) is 12.9. The second-order valence-corrected chi connectivity index (χ2v) is 12.7. The van der Waals surface area contributed by atoms with Gasteiger partial charge in [0.25, 0.3) is 0 Å². The minimum absolute atomic E-state index is 0.102. The van der Waals surface area contributed by atoms with Gasteiger partial charge in [0.15, 0.2) is 0 Å². The molecule has 28 heavy (non-hydrogen) atoms. The van der Waals surface area contributed by atoms with Crippen molar-refractivity contribution < 1.29 is 14.5 Å². The molecule has 0 aromatic carbocycles. The van der Waals surface area contributed by atoms with Crippen LogP contribution in [0.4, 0.5) is 0 Å². The molecule has 0 bridgehead atoms. The van der Waals surface area contributed by atoms with Gasteiger partial charge in [-0.2, -0.15) is 0 Å². The van der Waals surface area contributed by atoms with Crippen LogP contribution in [0.25, 0.3) is 0 Å². The largest absolute Gasteiger partial charge is 0.616 e. The molecule has 4 aliphatic carbocycles. The van der Waals surface area contributed by atoms with Crippen LogP contribution in [0.1, 0.15) is 78.6 Å². The Balaban J connectivity index is 1.59. The maximum absolute atomic E-state index is 12.8. The first-order valence-electron chi connectivity index (χ1n) is 11.5. The summed E-state index contributed by atoms with van der Waals surface area (Å²) >= 11 is -0.891. The lowest BCUT2D eigenvalue weighted by atomic mass is 9.41.